The Kier molecular flexibility index (Phi) is 6.30. The molecule has 1 aliphatic rings. The fourth-order valence-electron chi connectivity index (χ4n) is 4.03. The Balaban J connectivity index is 1.43. The van der Waals surface area contributed by atoms with Crippen LogP contribution < -0.4 is 4.72 Å². The zero-order valence-corrected chi connectivity index (χ0v) is 20.4. The number of fused-ring (bicyclic) bond motifs is 1. The van der Waals surface area contributed by atoms with Gasteiger partial charge in [-0.3, -0.25) is 9.69 Å². The molecule has 0 bridgehead atoms. The van der Waals surface area contributed by atoms with E-state index in [0.717, 1.165) is 36.5 Å². The molecule has 0 radical (unpaired) electrons. The van der Waals surface area contributed by atoms with Crippen LogP contribution in [0.15, 0.2) is 53.7 Å². The molecule has 1 saturated heterocycles. The highest BCUT2D eigenvalue weighted by Gasteiger charge is 2.27. The summed E-state index contributed by atoms with van der Waals surface area (Å²) < 4.78 is 30.1. The minimum atomic E-state index is -3.71. The summed E-state index contributed by atoms with van der Waals surface area (Å²) in [6, 6.07) is 10.7. The lowest BCUT2D eigenvalue weighted by molar-refractivity contribution is 0.0626. The molecular weight excluding hydrogens is 438 g/mol. The number of carbonyl (C=O) groups is 1. The smallest absolute Gasteiger partial charge is 0.254 e. The summed E-state index contributed by atoms with van der Waals surface area (Å²) in [5.41, 5.74) is 2.52. The van der Waals surface area contributed by atoms with E-state index in [2.05, 4.69) is 14.6 Å². The number of nitrogens with zero attached hydrogens (tertiary/aromatic N) is 4. The standard InChI is InChI=1S/C24H31N5O3S/c1-18-8-9-20(33(31,32)26-24(2,3)4)15-21(18)23(30)28-13-11-27(12-14-28)16-19-17-29-10-6-5-7-22(29)25-19/h5-10,15,17,26H,11-14,16H2,1-4H3. The summed E-state index contributed by atoms with van der Waals surface area (Å²) in [4.78, 5) is 22.1. The van der Waals surface area contributed by atoms with Crippen LogP contribution in [0, 0.1) is 6.92 Å². The van der Waals surface area contributed by atoms with E-state index in [1.807, 2.05) is 41.9 Å². The van der Waals surface area contributed by atoms with Crippen molar-refractivity contribution in [3.05, 3.63) is 65.6 Å². The van der Waals surface area contributed by atoms with Gasteiger partial charge in [0.15, 0.2) is 0 Å². The molecule has 176 valence electrons. The first-order valence-corrected chi connectivity index (χ1v) is 12.6. The SMILES string of the molecule is Cc1ccc(S(=O)(=O)NC(C)(C)C)cc1C(=O)N1CCN(Cc2cn3ccccc3n2)CC1. The van der Waals surface area contributed by atoms with Crippen molar-refractivity contribution in [2.45, 2.75) is 44.7 Å². The van der Waals surface area contributed by atoms with Crippen molar-refractivity contribution < 1.29 is 13.2 Å². The first-order chi connectivity index (χ1) is 15.5. The van der Waals surface area contributed by atoms with Gasteiger partial charge in [-0.25, -0.2) is 18.1 Å². The molecule has 0 saturated carbocycles. The third kappa shape index (κ3) is 5.43. The summed E-state index contributed by atoms with van der Waals surface area (Å²) in [5.74, 6) is -0.132. The number of aryl methyl sites for hydroxylation is 1. The maximum Gasteiger partial charge on any atom is 0.254 e. The van der Waals surface area contributed by atoms with Gasteiger partial charge in [0.2, 0.25) is 10.0 Å². The first-order valence-electron chi connectivity index (χ1n) is 11.1. The second-order valence-electron chi connectivity index (χ2n) is 9.60. The molecule has 9 heteroatoms. The molecule has 1 aromatic carbocycles. The number of hydrogen-bond acceptors (Lipinski definition) is 5. The minimum Gasteiger partial charge on any atom is -0.336 e. The van der Waals surface area contributed by atoms with E-state index in [9.17, 15) is 13.2 Å². The molecule has 0 spiro atoms. The van der Waals surface area contributed by atoms with Gasteiger partial charge in [-0.15, -0.1) is 0 Å². The average molecular weight is 470 g/mol. The zero-order chi connectivity index (χ0) is 23.8. The third-order valence-electron chi connectivity index (χ3n) is 5.65. The van der Waals surface area contributed by atoms with Gasteiger partial charge in [0.05, 0.1) is 10.6 Å². The van der Waals surface area contributed by atoms with Crippen molar-refractivity contribution in [3.8, 4) is 0 Å². The average Bonchev–Trinajstić information content (AvgIpc) is 3.14. The molecule has 8 nitrogen and oxygen atoms in total. The molecule has 1 aliphatic heterocycles. The number of rotatable bonds is 5. The minimum absolute atomic E-state index is 0.108. The number of hydrogen-bond donors (Lipinski definition) is 1. The Morgan fingerprint density at radius 2 is 1.82 bits per heavy atom. The molecule has 33 heavy (non-hydrogen) atoms. The molecule has 2 aromatic heterocycles. The number of sulfonamides is 1. The molecule has 0 aliphatic carbocycles. The van der Waals surface area contributed by atoms with Gasteiger partial charge < -0.3 is 9.30 Å². The Hall–Kier alpha value is -2.75. The first kappa shape index (κ1) is 23.4. The van der Waals surface area contributed by atoms with Crippen molar-refractivity contribution in [1.29, 1.82) is 0 Å². The number of pyridine rings is 1. The second kappa shape index (κ2) is 8.89. The summed E-state index contributed by atoms with van der Waals surface area (Å²) in [7, 11) is -3.71. The van der Waals surface area contributed by atoms with Crippen LogP contribution in [0.4, 0.5) is 0 Å². The third-order valence-corrected chi connectivity index (χ3v) is 7.40. The maximum absolute atomic E-state index is 13.2. The maximum atomic E-state index is 13.2. The van der Waals surface area contributed by atoms with E-state index < -0.39 is 15.6 Å². The van der Waals surface area contributed by atoms with Crippen LogP contribution in [0.3, 0.4) is 0 Å². The molecule has 3 aromatic rings. The molecule has 1 N–H and O–H groups in total. The highest BCUT2D eigenvalue weighted by atomic mass is 32.2. The second-order valence-corrected chi connectivity index (χ2v) is 11.3. The van der Waals surface area contributed by atoms with Gasteiger partial charge in [-0.2, -0.15) is 0 Å². The van der Waals surface area contributed by atoms with Crippen LogP contribution in [-0.2, 0) is 16.6 Å². The van der Waals surface area contributed by atoms with Gasteiger partial charge in [0.1, 0.15) is 5.65 Å². The van der Waals surface area contributed by atoms with Crippen molar-refractivity contribution in [1.82, 2.24) is 23.9 Å². The highest BCUT2D eigenvalue weighted by Crippen LogP contribution is 2.20. The van der Waals surface area contributed by atoms with Gasteiger partial charge in [-0.1, -0.05) is 12.1 Å². The van der Waals surface area contributed by atoms with Crippen LogP contribution in [0.5, 0.6) is 0 Å². The molecule has 1 fully saturated rings. The van der Waals surface area contributed by atoms with Gasteiger partial charge >= 0.3 is 0 Å². The predicted octanol–water partition coefficient (Wildman–Crippen LogP) is 2.68. The van der Waals surface area contributed by atoms with Crippen LogP contribution in [0.25, 0.3) is 5.65 Å². The van der Waals surface area contributed by atoms with E-state index in [1.165, 1.54) is 6.07 Å². The summed E-state index contributed by atoms with van der Waals surface area (Å²) in [6.07, 6.45) is 4.02. The number of benzene rings is 1. The van der Waals surface area contributed by atoms with E-state index in [1.54, 1.807) is 37.8 Å². The molecule has 3 heterocycles. The van der Waals surface area contributed by atoms with Crippen molar-refractivity contribution in [3.63, 3.8) is 0 Å². The fraction of sp³-hybridized carbons (Fsp3) is 0.417. The highest BCUT2D eigenvalue weighted by molar-refractivity contribution is 7.89. The molecule has 4 rings (SSSR count). The topological polar surface area (TPSA) is 87.0 Å². The van der Waals surface area contributed by atoms with Crippen LogP contribution in [0.1, 0.15) is 42.4 Å². The predicted molar refractivity (Wildman–Crippen MR) is 128 cm³/mol. The van der Waals surface area contributed by atoms with E-state index in [-0.39, 0.29) is 10.8 Å². The van der Waals surface area contributed by atoms with E-state index >= 15 is 0 Å². The summed E-state index contributed by atoms with van der Waals surface area (Å²) in [5, 5.41) is 0. The van der Waals surface area contributed by atoms with Crippen LogP contribution in [-0.4, -0.2) is 65.2 Å². The fourth-order valence-corrected chi connectivity index (χ4v) is 5.48. The van der Waals surface area contributed by atoms with Crippen molar-refractivity contribution in [2.24, 2.45) is 0 Å². The number of aromatic nitrogens is 2. The number of piperazine rings is 1. The summed E-state index contributed by atoms with van der Waals surface area (Å²) in [6.45, 7) is 10.6. The Bertz CT molecular complexity index is 1240. The summed E-state index contributed by atoms with van der Waals surface area (Å²) >= 11 is 0. The molecule has 0 atom stereocenters. The lowest BCUT2D eigenvalue weighted by atomic mass is 10.1. The molecule has 1 amide bonds. The monoisotopic (exact) mass is 469 g/mol. The van der Waals surface area contributed by atoms with Gasteiger partial charge in [-0.05, 0) is 57.5 Å². The quantitative estimate of drug-likeness (QED) is 0.621. The lowest BCUT2D eigenvalue weighted by Crippen LogP contribution is -2.48. The van der Waals surface area contributed by atoms with Crippen LogP contribution in [0.2, 0.25) is 0 Å². The Labute approximate surface area is 195 Å². The number of amides is 1. The number of imidazole rings is 1. The van der Waals surface area contributed by atoms with E-state index in [4.69, 9.17) is 0 Å². The van der Waals surface area contributed by atoms with Crippen molar-refractivity contribution in [2.75, 3.05) is 26.2 Å². The van der Waals surface area contributed by atoms with Gasteiger partial charge in [0, 0.05) is 56.2 Å². The normalized spacial score (nSPS) is 15.8. The number of nitrogens with one attached hydrogen (secondary N) is 1. The zero-order valence-electron chi connectivity index (χ0n) is 19.6. The Morgan fingerprint density at radius 3 is 2.48 bits per heavy atom. The lowest BCUT2D eigenvalue weighted by Gasteiger charge is -2.34. The van der Waals surface area contributed by atoms with Gasteiger partial charge in [0.25, 0.3) is 5.91 Å². The number of carbonyl (C=O) groups excluding carboxylic acids is 1. The van der Waals surface area contributed by atoms with Crippen LogP contribution >= 0.6 is 0 Å². The molecule has 0 unspecified atom stereocenters. The van der Waals surface area contributed by atoms with E-state index in [0.29, 0.717) is 18.7 Å². The largest absolute Gasteiger partial charge is 0.336 e. The Morgan fingerprint density at radius 1 is 1.09 bits per heavy atom. The van der Waals surface area contributed by atoms with Crippen molar-refractivity contribution >= 4 is 21.6 Å². The molecular formula is C24H31N5O3S.